The van der Waals surface area contributed by atoms with Crippen LogP contribution in [0.4, 0.5) is 0 Å². The summed E-state index contributed by atoms with van der Waals surface area (Å²) in [6.45, 7) is 2.67. The Morgan fingerprint density at radius 2 is 2.38 bits per heavy atom. The fourth-order valence-electron chi connectivity index (χ4n) is 1.50. The summed E-state index contributed by atoms with van der Waals surface area (Å²) in [5, 5.41) is 14.3. The summed E-state index contributed by atoms with van der Waals surface area (Å²) in [5.74, 6) is 0. The average molecular weight is 283 g/mol. The molecular weight excluding hydrogens is 272 g/mol. The third-order valence-electron chi connectivity index (χ3n) is 2.28. The molecule has 0 bridgehead atoms. The molecule has 0 fully saturated rings. The van der Waals surface area contributed by atoms with E-state index in [4.69, 9.17) is 0 Å². The molecule has 2 heterocycles. The molecule has 2 aromatic heterocycles. The minimum absolute atomic E-state index is 0.561. The lowest BCUT2D eigenvalue weighted by molar-refractivity contribution is 0.202. The topological polar surface area (TPSA) is 63.8 Å². The Morgan fingerprint density at radius 1 is 1.56 bits per heavy atom. The zero-order valence-electron chi connectivity index (χ0n) is 8.71. The van der Waals surface area contributed by atoms with E-state index in [9.17, 15) is 5.11 Å². The van der Waals surface area contributed by atoms with Crippen LogP contribution in [0.3, 0.4) is 0 Å². The van der Waals surface area contributed by atoms with Gasteiger partial charge in [-0.3, -0.25) is 4.68 Å². The summed E-state index contributed by atoms with van der Waals surface area (Å²) < 4.78 is 2.51. The zero-order valence-corrected chi connectivity index (χ0v) is 10.3. The SMILES string of the molecule is CCn1ncc(Br)c1C(O)c1ccncn1. The second-order valence-corrected chi connectivity index (χ2v) is 4.08. The first-order chi connectivity index (χ1) is 7.74. The van der Waals surface area contributed by atoms with E-state index in [1.807, 2.05) is 6.92 Å². The minimum atomic E-state index is -0.792. The van der Waals surface area contributed by atoms with E-state index >= 15 is 0 Å². The van der Waals surface area contributed by atoms with E-state index in [-0.39, 0.29) is 0 Å². The Bertz CT molecular complexity index is 471. The Morgan fingerprint density at radius 3 is 3.00 bits per heavy atom. The van der Waals surface area contributed by atoms with Crippen molar-refractivity contribution in [2.75, 3.05) is 0 Å². The van der Waals surface area contributed by atoms with Crippen molar-refractivity contribution >= 4 is 15.9 Å². The van der Waals surface area contributed by atoms with E-state index in [1.165, 1.54) is 6.33 Å². The van der Waals surface area contributed by atoms with Gasteiger partial charge in [0.15, 0.2) is 0 Å². The van der Waals surface area contributed by atoms with Crippen molar-refractivity contribution in [2.24, 2.45) is 0 Å². The lowest BCUT2D eigenvalue weighted by Gasteiger charge is -2.12. The van der Waals surface area contributed by atoms with Crippen LogP contribution in [0.25, 0.3) is 0 Å². The highest BCUT2D eigenvalue weighted by Crippen LogP contribution is 2.26. The number of aryl methyl sites for hydroxylation is 1. The second-order valence-electron chi connectivity index (χ2n) is 3.23. The third kappa shape index (κ3) is 1.98. The molecule has 2 rings (SSSR count). The van der Waals surface area contributed by atoms with Crippen molar-refractivity contribution in [2.45, 2.75) is 19.6 Å². The van der Waals surface area contributed by atoms with Gasteiger partial charge in [0.25, 0.3) is 0 Å². The number of aliphatic hydroxyl groups excluding tert-OH is 1. The number of halogens is 1. The van der Waals surface area contributed by atoms with E-state index in [0.717, 1.165) is 4.47 Å². The van der Waals surface area contributed by atoms with Crippen molar-refractivity contribution in [3.63, 3.8) is 0 Å². The molecule has 16 heavy (non-hydrogen) atoms. The molecule has 0 saturated carbocycles. The molecule has 1 unspecified atom stereocenters. The number of hydrogen-bond donors (Lipinski definition) is 1. The predicted octanol–water partition coefficient (Wildman–Crippen LogP) is 1.54. The number of hydrogen-bond acceptors (Lipinski definition) is 4. The van der Waals surface area contributed by atoms with Crippen LogP contribution >= 0.6 is 15.9 Å². The van der Waals surface area contributed by atoms with Crippen LogP contribution in [-0.2, 0) is 6.54 Å². The molecule has 0 radical (unpaired) electrons. The van der Waals surface area contributed by atoms with Gasteiger partial charge in [0.05, 0.1) is 22.1 Å². The van der Waals surface area contributed by atoms with E-state index < -0.39 is 6.10 Å². The van der Waals surface area contributed by atoms with Crippen LogP contribution < -0.4 is 0 Å². The molecule has 84 valence electrons. The van der Waals surface area contributed by atoms with Gasteiger partial charge in [0.2, 0.25) is 0 Å². The molecule has 6 heteroatoms. The van der Waals surface area contributed by atoms with Crippen molar-refractivity contribution in [3.8, 4) is 0 Å². The maximum atomic E-state index is 10.2. The molecule has 1 N–H and O–H groups in total. The summed E-state index contributed by atoms with van der Waals surface area (Å²) >= 11 is 3.37. The maximum Gasteiger partial charge on any atom is 0.139 e. The maximum absolute atomic E-state index is 10.2. The average Bonchev–Trinajstić information content (AvgIpc) is 2.70. The van der Waals surface area contributed by atoms with Gasteiger partial charge in [-0.1, -0.05) is 0 Å². The van der Waals surface area contributed by atoms with Crippen LogP contribution in [0.1, 0.15) is 24.4 Å². The first-order valence-electron chi connectivity index (χ1n) is 4.89. The van der Waals surface area contributed by atoms with Gasteiger partial charge >= 0.3 is 0 Å². The van der Waals surface area contributed by atoms with Gasteiger partial charge in [-0.25, -0.2) is 9.97 Å². The molecule has 0 aromatic carbocycles. The molecule has 5 nitrogen and oxygen atoms in total. The van der Waals surface area contributed by atoms with Gasteiger partial charge < -0.3 is 5.11 Å². The van der Waals surface area contributed by atoms with Gasteiger partial charge in [-0.2, -0.15) is 5.10 Å². The number of aliphatic hydroxyl groups is 1. The number of nitrogens with zero attached hydrogens (tertiary/aromatic N) is 4. The summed E-state index contributed by atoms with van der Waals surface area (Å²) in [6.07, 6.45) is 3.90. The largest absolute Gasteiger partial charge is 0.380 e. The van der Waals surface area contributed by atoms with Gasteiger partial charge in [-0.05, 0) is 28.9 Å². The number of aromatic nitrogens is 4. The van der Waals surface area contributed by atoms with Crippen molar-refractivity contribution < 1.29 is 5.11 Å². The van der Waals surface area contributed by atoms with E-state index in [2.05, 4.69) is 31.0 Å². The Balaban J connectivity index is 2.41. The van der Waals surface area contributed by atoms with Crippen molar-refractivity contribution in [1.29, 1.82) is 0 Å². The van der Waals surface area contributed by atoms with Gasteiger partial charge in [0, 0.05) is 12.7 Å². The Hall–Kier alpha value is -1.27. The lowest BCUT2D eigenvalue weighted by atomic mass is 10.2. The van der Waals surface area contributed by atoms with Crippen LogP contribution in [0.2, 0.25) is 0 Å². The molecular formula is C10H11BrN4O. The third-order valence-corrected chi connectivity index (χ3v) is 2.89. The fraction of sp³-hybridized carbons (Fsp3) is 0.300. The molecule has 0 aliphatic heterocycles. The molecule has 1 atom stereocenters. The smallest absolute Gasteiger partial charge is 0.139 e. The molecule has 0 aliphatic rings. The molecule has 0 spiro atoms. The highest BCUT2D eigenvalue weighted by Gasteiger charge is 2.19. The first kappa shape index (κ1) is 11.2. The van der Waals surface area contributed by atoms with Crippen LogP contribution in [0.15, 0.2) is 29.3 Å². The standard InChI is InChI=1S/C10H11BrN4O/c1-2-15-9(7(11)5-14-15)10(16)8-3-4-12-6-13-8/h3-6,10,16H,2H2,1H3. The van der Waals surface area contributed by atoms with Gasteiger partial charge in [0.1, 0.15) is 12.4 Å². The minimum Gasteiger partial charge on any atom is -0.380 e. The fourth-order valence-corrected chi connectivity index (χ4v) is 2.01. The normalized spacial score (nSPS) is 12.7. The second kappa shape index (κ2) is 4.71. The summed E-state index contributed by atoms with van der Waals surface area (Å²) in [7, 11) is 0. The van der Waals surface area contributed by atoms with Crippen LogP contribution in [0, 0.1) is 0 Å². The van der Waals surface area contributed by atoms with E-state index in [0.29, 0.717) is 17.9 Å². The zero-order chi connectivity index (χ0) is 11.5. The quantitative estimate of drug-likeness (QED) is 0.928. The summed E-state index contributed by atoms with van der Waals surface area (Å²) in [5.41, 5.74) is 1.27. The van der Waals surface area contributed by atoms with Crippen molar-refractivity contribution in [3.05, 3.63) is 40.6 Å². The number of rotatable bonds is 3. The molecule has 0 amide bonds. The van der Waals surface area contributed by atoms with Crippen LogP contribution in [-0.4, -0.2) is 24.9 Å². The molecule has 2 aromatic rings. The highest BCUT2D eigenvalue weighted by molar-refractivity contribution is 9.10. The lowest BCUT2D eigenvalue weighted by Crippen LogP contribution is -2.10. The summed E-state index contributed by atoms with van der Waals surface area (Å²) in [6, 6.07) is 1.68. The van der Waals surface area contributed by atoms with Crippen molar-refractivity contribution in [1.82, 2.24) is 19.7 Å². The predicted molar refractivity (Wildman–Crippen MR) is 61.7 cm³/mol. The first-order valence-corrected chi connectivity index (χ1v) is 5.68. The van der Waals surface area contributed by atoms with E-state index in [1.54, 1.807) is 23.1 Å². The Kier molecular flexibility index (Phi) is 3.31. The molecule has 0 saturated heterocycles. The monoisotopic (exact) mass is 282 g/mol. The van der Waals surface area contributed by atoms with Gasteiger partial charge in [-0.15, -0.1) is 0 Å². The van der Waals surface area contributed by atoms with Crippen LogP contribution in [0.5, 0.6) is 0 Å². The highest BCUT2D eigenvalue weighted by atomic mass is 79.9. The molecule has 0 aliphatic carbocycles. The summed E-state index contributed by atoms with van der Waals surface area (Å²) in [4.78, 5) is 7.85. The Labute approximate surface area is 101 Å².